The number of nitriles is 1. The largest absolute Gasteiger partial charge is 0.503 e. The zero-order valence-electron chi connectivity index (χ0n) is 15.1. The molecule has 0 bridgehead atoms. The Morgan fingerprint density at radius 2 is 1.52 bits per heavy atom. The maximum Gasteiger partial charge on any atom is 0.503 e. The predicted octanol–water partition coefficient (Wildman–Crippen LogP) is 4.36. The highest BCUT2D eigenvalue weighted by Gasteiger charge is 2.30. The minimum absolute atomic E-state index is 0.0338. The number of carboxylic acid groups (broad SMARTS) is 2. The lowest BCUT2D eigenvalue weighted by molar-refractivity contribution is -0.120. The predicted molar refractivity (Wildman–Crippen MR) is 99.8 cm³/mol. The van der Waals surface area contributed by atoms with Gasteiger partial charge in [0.05, 0.1) is 17.6 Å². The molecule has 2 unspecified atom stereocenters. The molecule has 6 heteroatoms. The van der Waals surface area contributed by atoms with Crippen molar-refractivity contribution in [1.29, 1.82) is 5.26 Å². The van der Waals surface area contributed by atoms with E-state index in [9.17, 15) is 9.59 Å². The third-order valence-corrected chi connectivity index (χ3v) is 4.07. The number of carbonyl (C=O) groups is 3. The first-order valence-electron chi connectivity index (χ1n) is 8.35. The van der Waals surface area contributed by atoms with E-state index < -0.39 is 18.0 Å². The summed E-state index contributed by atoms with van der Waals surface area (Å²) in [7, 11) is 0. The van der Waals surface area contributed by atoms with E-state index in [4.69, 9.17) is 20.3 Å². The molecule has 0 aliphatic rings. The van der Waals surface area contributed by atoms with E-state index in [1.807, 2.05) is 18.2 Å². The summed E-state index contributed by atoms with van der Waals surface area (Å²) in [5, 5.41) is 22.8. The lowest BCUT2D eigenvalue weighted by Gasteiger charge is -2.22. The van der Waals surface area contributed by atoms with Gasteiger partial charge in [-0.2, -0.15) is 5.26 Å². The SMILES string of the molecule is CCC(=O)C(c1ccc(C#N)cc1)C(C)C(=O)c1ccccc1.O=C(O)O. The average molecular weight is 367 g/mol. The monoisotopic (exact) mass is 367 g/mol. The van der Waals surface area contributed by atoms with Crippen LogP contribution in [0.1, 0.15) is 47.7 Å². The van der Waals surface area contributed by atoms with Gasteiger partial charge < -0.3 is 10.2 Å². The number of Topliss-reactive ketones (excluding diaryl/α,β-unsaturated/α-hetero) is 2. The summed E-state index contributed by atoms with van der Waals surface area (Å²) < 4.78 is 0. The van der Waals surface area contributed by atoms with Crippen LogP contribution in [0.5, 0.6) is 0 Å². The quantitative estimate of drug-likeness (QED) is 0.733. The number of rotatable bonds is 6. The lowest BCUT2D eigenvalue weighted by atomic mass is 9.79. The fraction of sp³-hybridized carbons (Fsp3) is 0.238. The van der Waals surface area contributed by atoms with Crippen molar-refractivity contribution in [2.75, 3.05) is 0 Å². The highest BCUT2D eigenvalue weighted by molar-refractivity contribution is 6.02. The summed E-state index contributed by atoms with van der Waals surface area (Å²) in [6.45, 7) is 3.60. The first-order valence-corrected chi connectivity index (χ1v) is 8.35. The standard InChI is InChI=1S/C20H19NO2.CH2O3/c1-3-18(22)19(16-11-9-15(13-21)10-12-16)14(2)20(23)17-7-5-4-6-8-17;2-1(3)4/h4-12,14,19H,3H2,1-2H3;(H2,2,3,4). The van der Waals surface area contributed by atoms with Crippen LogP contribution in [0, 0.1) is 17.2 Å². The van der Waals surface area contributed by atoms with Crippen LogP contribution in [-0.2, 0) is 4.79 Å². The van der Waals surface area contributed by atoms with Crippen molar-refractivity contribution in [3.63, 3.8) is 0 Å². The minimum Gasteiger partial charge on any atom is -0.450 e. The van der Waals surface area contributed by atoms with Gasteiger partial charge in [-0.3, -0.25) is 9.59 Å². The highest BCUT2D eigenvalue weighted by atomic mass is 16.6. The second kappa shape index (κ2) is 10.5. The van der Waals surface area contributed by atoms with Crippen LogP contribution in [0.3, 0.4) is 0 Å². The van der Waals surface area contributed by atoms with Crippen LogP contribution < -0.4 is 0 Å². The molecule has 0 aliphatic heterocycles. The Labute approximate surface area is 157 Å². The Bertz CT molecular complexity index is 818. The van der Waals surface area contributed by atoms with Gasteiger partial charge in [-0.25, -0.2) is 4.79 Å². The van der Waals surface area contributed by atoms with Gasteiger partial charge in [-0.15, -0.1) is 0 Å². The van der Waals surface area contributed by atoms with E-state index in [-0.39, 0.29) is 11.6 Å². The molecule has 2 rings (SSSR count). The topological polar surface area (TPSA) is 115 Å². The molecule has 0 heterocycles. The van der Waals surface area contributed by atoms with Crippen LogP contribution in [0.15, 0.2) is 54.6 Å². The molecule has 2 aromatic rings. The Balaban J connectivity index is 0.000000828. The molecule has 0 aromatic heterocycles. The van der Waals surface area contributed by atoms with E-state index >= 15 is 0 Å². The van der Waals surface area contributed by atoms with Crippen molar-refractivity contribution in [3.05, 3.63) is 71.3 Å². The zero-order valence-corrected chi connectivity index (χ0v) is 15.1. The minimum atomic E-state index is -1.83. The first kappa shape index (κ1) is 21.6. The zero-order chi connectivity index (χ0) is 20.4. The van der Waals surface area contributed by atoms with Gasteiger partial charge in [-0.1, -0.05) is 56.3 Å². The van der Waals surface area contributed by atoms with Crippen LogP contribution in [0.25, 0.3) is 0 Å². The molecule has 2 atom stereocenters. The van der Waals surface area contributed by atoms with Gasteiger partial charge in [0.15, 0.2) is 5.78 Å². The average Bonchev–Trinajstić information content (AvgIpc) is 2.68. The molecule has 0 amide bonds. The molecule has 0 fully saturated rings. The normalized spacial score (nSPS) is 11.9. The molecule has 0 saturated heterocycles. The van der Waals surface area contributed by atoms with Crippen LogP contribution >= 0.6 is 0 Å². The fourth-order valence-corrected chi connectivity index (χ4v) is 2.75. The Morgan fingerprint density at radius 3 is 1.96 bits per heavy atom. The summed E-state index contributed by atoms with van der Waals surface area (Å²) >= 11 is 0. The van der Waals surface area contributed by atoms with Crippen LogP contribution in [0.4, 0.5) is 4.79 Å². The summed E-state index contributed by atoms with van der Waals surface area (Å²) in [6.07, 6.45) is -1.46. The number of carbonyl (C=O) groups excluding carboxylic acids is 2. The first-order chi connectivity index (χ1) is 12.8. The Hall–Kier alpha value is -3.46. The maximum atomic E-state index is 12.7. The van der Waals surface area contributed by atoms with E-state index in [1.165, 1.54) is 0 Å². The molecule has 0 spiro atoms. The van der Waals surface area contributed by atoms with Crippen LogP contribution in [-0.4, -0.2) is 27.9 Å². The highest BCUT2D eigenvalue weighted by Crippen LogP contribution is 2.29. The van der Waals surface area contributed by atoms with Crippen molar-refractivity contribution >= 4 is 17.7 Å². The van der Waals surface area contributed by atoms with Crippen molar-refractivity contribution < 1.29 is 24.6 Å². The number of ketones is 2. The molecule has 2 aromatic carbocycles. The second-order valence-electron chi connectivity index (χ2n) is 5.83. The molecule has 0 aliphatic carbocycles. The molecule has 27 heavy (non-hydrogen) atoms. The summed E-state index contributed by atoms with van der Waals surface area (Å²) in [5.41, 5.74) is 1.94. The van der Waals surface area contributed by atoms with Gasteiger partial charge in [0.25, 0.3) is 0 Å². The molecule has 2 N–H and O–H groups in total. The molecule has 0 radical (unpaired) electrons. The van der Waals surface area contributed by atoms with Crippen molar-refractivity contribution in [1.82, 2.24) is 0 Å². The molecular weight excluding hydrogens is 346 g/mol. The van der Waals surface area contributed by atoms with E-state index in [0.29, 0.717) is 17.5 Å². The third kappa shape index (κ3) is 6.40. The fourth-order valence-electron chi connectivity index (χ4n) is 2.75. The van der Waals surface area contributed by atoms with E-state index in [1.54, 1.807) is 50.2 Å². The smallest absolute Gasteiger partial charge is 0.450 e. The number of hydrogen-bond donors (Lipinski definition) is 2. The summed E-state index contributed by atoms with van der Waals surface area (Å²) in [6, 6.07) is 18.0. The van der Waals surface area contributed by atoms with E-state index in [2.05, 4.69) is 6.07 Å². The second-order valence-corrected chi connectivity index (χ2v) is 5.83. The third-order valence-electron chi connectivity index (χ3n) is 4.07. The van der Waals surface area contributed by atoms with Crippen molar-refractivity contribution in [3.8, 4) is 6.07 Å². The van der Waals surface area contributed by atoms with Gasteiger partial charge >= 0.3 is 6.16 Å². The lowest BCUT2D eigenvalue weighted by Crippen LogP contribution is -2.26. The van der Waals surface area contributed by atoms with Crippen LogP contribution in [0.2, 0.25) is 0 Å². The maximum absolute atomic E-state index is 12.7. The summed E-state index contributed by atoms with van der Waals surface area (Å²) in [4.78, 5) is 33.7. The van der Waals surface area contributed by atoms with Gasteiger partial charge in [0.1, 0.15) is 5.78 Å². The van der Waals surface area contributed by atoms with Gasteiger partial charge in [0.2, 0.25) is 0 Å². The molecular formula is C21H21NO5. The van der Waals surface area contributed by atoms with Gasteiger partial charge in [-0.05, 0) is 17.7 Å². The molecule has 0 saturated carbocycles. The summed E-state index contributed by atoms with van der Waals surface area (Å²) in [5.74, 6) is -0.938. The Morgan fingerprint density at radius 1 is 1.00 bits per heavy atom. The molecule has 140 valence electrons. The van der Waals surface area contributed by atoms with Crippen molar-refractivity contribution in [2.24, 2.45) is 5.92 Å². The number of nitrogens with zero attached hydrogens (tertiary/aromatic N) is 1. The molecule has 6 nitrogen and oxygen atoms in total. The van der Waals surface area contributed by atoms with Crippen molar-refractivity contribution in [2.45, 2.75) is 26.2 Å². The number of benzene rings is 2. The van der Waals surface area contributed by atoms with E-state index in [0.717, 1.165) is 5.56 Å². The van der Waals surface area contributed by atoms with Gasteiger partial charge in [0, 0.05) is 17.9 Å². The Kier molecular flexibility index (Phi) is 8.40. The number of hydrogen-bond acceptors (Lipinski definition) is 4.